The van der Waals surface area contributed by atoms with E-state index in [0.29, 0.717) is 5.92 Å². The minimum atomic E-state index is 0.224. The van der Waals surface area contributed by atoms with Gasteiger partial charge >= 0.3 is 0 Å². The lowest BCUT2D eigenvalue weighted by Gasteiger charge is -2.37. The summed E-state index contributed by atoms with van der Waals surface area (Å²) in [5, 5.41) is 16.8. The highest BCUT2D eigenvalue weighted by Crippen LogP contribution is 2.27. The third kappa shape index (κ3) is 3.96. The topological polar surface area (TPSA) is 53.5 Å². The standard InChI is InChI=1S/C20H26N2O2/c1-24-19-10-6-5-9-17(19)13-21-18-11-15(14-23)12-22-20(18)16-7-3-2-4-8-16/h2-10,15,18,20-23H,11-14H2,1H3. The summed E-state index contributed by atoms with van der Waals surface area (Å²) in [6.07, 6.45) is 0.957. The van der Waals surface area contributed by atoms with Crippen LogP contribution in [0.2, 0.25) is 0 Å². The average molecular weight is 326 g/mol. The molecule has 4 heteroatoms. The van der Waals surface area contributed by atoms with E-state index in [-0.39, 0.29) is 18.7 Å². The predicted molar refractivity (Wildman–Crippen MR) is 96.0 cm³/mol. The molecule has 0 amide bonds. The Balaban J connectivity index is 1.73. The Bertz CT molecular complexity index is 633. The molecule has 1 heterocycles. The second kappa shape index (κ2) is 8.29. The van der Waals surface area contributed by atoms with E-state index in [9.17, 15) is 5.11 Å². The number of aliphatic hydroxyl groups excluding tert-OH is 1. The molecule has 3 rings (SSSR count). The largest absolute Gasteiger partial charge is 0.496 e. The molecule has 1 saturated heterocycles. The normalized spacial score (nSPS) is 23.8. The number of rotatable bonds is 6. The lowest BCUT2D eigenvalue weighted by atomic mass is 9.86. The maximum absolute atomic E-state index is 9.55. The van der Waals surface area contributed by atoms with Crippen molar-refractivity contribution in [1.82, 2.24) is 10.6 Å². The molecule has 2 aromatic rings. The van der Waals surface area contributed by atoms with Crippen molar-refractivity contribution in [2.45, 2.75) is 25.0 Å². The van der Waals surface area contributed by atoms with Crippen molar-refractivity contribution in [2.75, 3.05) is 20.3 Å². The number of ether oxygens (including phenoxy) is 1. The van der Waals surface area contributed by atoms with Crippen LogP contribution in [0, 0.1) is 5.92 Å². The van der Waals surface area contributed by atoms with Gasteiger partial charge in [0.05, 0.1) is 7.11 Å². The fourth-order valence-electron chi connectivity index (χ4n) is 3.46. The molecule has 3 N–H and O–H groups in total. The monoisotopic (exact) mass is 326 g/mol. The van der Waals surface area contributed by atoms with Crippen LogP contribution < -0.4 is 15.4 Å². The maximum atomic E-state index is 9.55. The molecule has 3 unspecified atom stereocenters. The zero-order valence-corrected chi connectivity index (χ0v) is 14.1. The van der Waals surface area contributed by atoms with Crippen LogP contribution in [0.25, 0.3) is 0 Å². The lowest BCUT2D eigenvalue weighted by molar-refractivity contribution is 0.157. The molecule has 1 aliphatic rings. The number of para-hydroxylation sites is 1. The van der Waals surface area contributed by atoms with Crippen LogP contribution in [-0.2, 0) is 6.54 Å². The van der Waals surface area contributed by atoms with E-state index in [1.54, 1.807) is 7.11 Å². The van der Waals surface area contributed by atoms with Crippen molar-refractivity contribution in [3.05, 3.63) is 65.7 Å². The summed E-state index contributed by atoms with van der Waals surface area (Å²) in [5.41, 5.74) is 2.43. The van der Waals surface area contributed by atoms with Gasteiger partial charge in [-0.05, 0) is 24.0 Å². The Morgan fingerprint density at radius 3 is 2.62 bits per heavy atom. The Labute approximate surface area is 143 Å². The molecule has 0 aliphatic carbocycles. The van der Waals surface area contributed by atoms with Gasteiger partial charge in [0, 0.05) is 37.3 Å². The highest BCUT2D eigenvalue weighted by molar-refractivity contribution is 5.33. The molecule has 0 radical (unpaired) electrons. The van der Waals surface area contributed by atoms with Crippen LogP contribution in [0.4, 0.5) is 0 Å². The van der Waals surface area contributed by atoms with E-state index in [1.165, 1.54) is 5.56 Å². The summed E-state index contributed by atoms with van der Waals surface area (Å²) in [5.74, 6) is 1.20. The third-order valence-corrected chi connectivity index (χ3v) is 4.78. The van der Waals surface area contributed by atoms with Gasteiger partial charge in [-0.2, -0.15) is 0 Å². The predicted octanol–water partition coefficient (Wildman–Crippen LogP) is 2.50. The minimum Gasteiger partial charge on any atom is -0.496 e. The van der Waals surface area contributed by atoms with Crippen molar-refractivity contribution in [3.63, 3.8) is 0 Å². The van der Waals surface area contributed by atoms with E-state index < -0.39 is 0 Å². The number of benzene rings is 2. The minimum absolute atomic E-state index is 0.224. The first-order chi connectivity index (χ1) is 11.8. The van der Waals surface area contributed by atoms with E-state index in [0.717, 1.165) is 30.8 Å². The van der Waals surface area contributed by atoms with E-state index >= 15 is 0 Å². The summed E-state index contributed by atoms with van der Waals surface area (Å²) >= 11 is 0. The quantitative estimate of drug-likeness (QED) is 0.763. The SMILES string of the molecule is COc1ccccc1CNC1CC(CO)CNC1c1ccccc1. The van der Waals surface area contributed by atoms with Crippen molar-refractivity contribution in [3.8, 4) is 5.75 Å². The van der Waals surface area contributed by atoms with E-state index in [2.05, 4.69) is 41.0 Å². The first-order valence-electron chi connectivity index (χ1n) is 8.56. The van der Waals surface area contributed by atoms with Crippen molar-refractivity contribution in [2.24, 2.45) is 5.92 Å². The first-order valence-corrected chi connectivity index (χ1v) is 8.56. The van der Waals surface area contributed by atoms with Gasteiger partial charge in [0.1, 0.15) is 5.75 Å². The molecule has 24 heavy (non-hydrogen) atoms. The summed E-state index contributed by atoms with van der Waals surface area (Å²) in [7, 11) is 1.70. The zero-order valence-electron chi connectivity index (χ0n) is 14.1. The van der Waals surface area contributed by atoms with Crippen LogP contribution in [0.5, 0.6) is 5.75 Å². The fraction of sp³-hybridized carbons (Fsp3) is 0.400. The number of hydrogen-bond acceptors (Lipinski definition) is 4. The highest BCUT2D eigenvalue weighted by atomic mass is 16.5. The van der Waals surface area contributed by atoms with Crippen LogP contribution in [-0.4, -0.2) is 31.4 Å². The Morgan fingerprint density at radius 1 is 1.12 bits per heavy atom. The van der Waals surface area contributed by atoms with Gasteiger partial charge < -0.3 is 20.5 Å². The Hall–Kier alpha value is -1.88. The molecule has 1 fully saturated rings. The Kier molecular flexibility index (Phi) is 5.86. The molecule has 0 bridgehead atoms. The zero-order chi connectivity index (χ0) is 16.8. The second-order valence-electron chi connectivity index (χ2n) is 6.38. The molecular weight excluding hydrogens is 300 g/mol. The first kappa shape index (κ1) is 17.0. The van der Waals surface area contributed by atoms with Crippen LogP contribution in [0.3, 0.4) is 0 Å². The number of hydrogen-bond donors (Lipinski definition) is 3. The smallest absolute Gasteiger partial charge is 0.123 e. The molecule has 0 aromatic heterocycles. The molecule has 4 nitrogen and oxygen atoms in total. The van der Waals surface area contributed by atoms with Gasteiger partial charge in [-0.1, -0.05) is 48.5 Å². The molecule has 2 aromatic carbocycles. The summed E-state index contributed by atoms with van der Waals surface area (Å²) in [4.78, 5) is 0. The third-order valence-electron chi connectivity index (χ3n) is 4.78. The van der Waals surface area contributed by atoms with Gasteiger partial charge in [0.25, 0.3) is 0 Å². The highest BCUT2D eigenvalue weighted by Gasteiger charge is 2.30. The van der Waals surface area contributed by atoms with Crippen molar-refractivity contribution < 1.29 is 9.84 Å². The summed E-state index contributed by atoms with van der Waals surface area (Å²) in [6.45, 7) is 1.82. The second-order valence-corrected chi connectivity index (χ2v) is 6.38. The average Bonchev–Trinajstić information content (AvgIpc) is 2.67. The summed E-state index contributed by atoms with van der Waals surface area (Å²) < 4.78 is 5.44. The van der Waals surface area contributed by atoms with Crippen LogP contribution in [0.15, 0.2) is 54.6 Å². The molecule has 0 saturated carbocycles. The summed E-state index contributed by atoms with van der Waals surface area (Å²) in [6, 6.07) is 19.1. The Morgan fingerprint density at radius 2 is 1.88 bits per heavy atom. The maximum Gasteiger partial charge on any atom is 0.123 e. The molecule has 3 atom stereocenters. The van der Waals surface area contributed by atoms with E-state index in [1.807, 2.05) is 24.3 Å². The van der Waals surface area contributed by atoms with Gasteiger partial charge in [-0.25, -0.2) is 0 Å². The molecule has 1 aliphatic heterocycles. The van der Waals surface area contributed by atoms with Crippen molar-refractivity contribution in [1.29, 1.82) is 0 Å². The molecule has 0 spiro atoms. The number of nitrogens with one attached hydrogen (secondary N) is 2. The molecular formula is C20H26N2O2. The molecule has 128 valence electrons. The van der Waals surface area contributed by atoms with Gasteiger partial charge in [-0.3, -0.25) is 0 Å². The van der Waals surface area contributed by atoms with Gasteiger partial charge in [0.2, 0.25) is 0 Å². The van der Waals surface area contributed by atoms with Crippen molar-refractivity contribution >= 4 is 0 Å². The number of piperidine rings is 1. The van der Waals surface area contributed by atoms with Gasteiger partial charge in [0.15, 0.2) is 0 Å². The lowest BCUT2D eigenvalue weighted by Crippen LogP contribution is -2.49. The fourth-order valence-corrected chi connectivity index (χ4v) is 3.46. The van der Waals surface area contributed by atoms with E-state index in [4.69, 9.17) is 4.74 Å². The number of methoxy groups -OCH3 is 1. The number of aliphatic hydroxyl groups is 1. The van der Waals surface area contributed by atoms with Gasteiger partial charge in [-0.15, -0.1) is 0 Å². The van der Waals surface area contributed by atoms with Crippen LogP contribution in [0.1, 0.15) is 23.6 Å². The van der Waals surface area contributed by atoms with Crippen LogP contribution >= 0.6 is 0 Å².